The Morgan fingerprint density at radius 1 is 0.444 bits per heavy atom. The third-order valence-electron chi connectivity index (χ3n) is 5.38. The number of ether oxygens (including phenoxy) is 2. The van der Waals surface area contributed by atoms with Crippen LogP contribution in [0.1, 0.15) is 43.0 Å². The number of rotatable bonds is 5. The molecular weight excluding hydrogens is 448 g/mol. The van der Waals surface area contributed by atoms with Gasteiger partial charge in [-0.25, -0.2) is 0 Å². The van der Waals surface area contributed by atoms with E-state index in [4.69, 9.17) is 9.47 Å². The van der Waals surface area contributed by atoms with Gasteiger partial charge >= 0.3 is 0 Å². The zero-order chi connectivity index (χ0) is 25.3. The molecule has 0 unspecified atom stereocenters. The monoisotopic (exact) mass is 470 g/mol. The average Bonchev–Trinajstić information content (AvgIpc) is 2.95. The van der Waals surface area contributed by atoms with Crippen molar-refractivity contribution < 1.29 is 19.1 Å². The fourth-order valence-electron chi connectivity index (χ4n) is 3.31. The number of carbonyl (C=O) groups is 2. The fraction of sp³-hybridized carbons (Fsp3) is 0.0625. The van der Waals surface area contributed by atoms with Gasteiger partial charge in [0.1, 0.15) is 11.5 Å². The van der Waals surface area contributed by atoms with Crippen molar-refractivity contribution in [2.24, 2.45) is 0 Å². The molecule has 0 atom stereocenters. The summed E-state index contributed by atoms with van der Waals surface area (Å²) in [6.07, 6.45) is 0. The van der Waals surface area contributed by atoms with Gasteiger partial charge in [-0.15, -0.1) is 0 Å². The van der Waals surface area contributed by atoms with E-state index in [9.17, 15) is 9.59 Å². The Kier molecular flexibility index (Phi) is 7.61. The van der Waals surface area contributed by atoms with Crippen LogP contribution in [0.5, 0.6) is 11.5 Å². The molecule has 0 fully saturated rings. The molecule has 4 nitrogen and oxygen atoms in total. The standard InChI is InChI=1S/C32H22O4/c1-35-29-19-11-25(12-20-29)5-3-23-7-15-27(16-8-23)31(33)32(34)28-17-9-24(10-18-28)4-6-26-13-21-30(36-2)22-14-26/h7-22H,1-2H3. The molecular formula is C32H22O4. The van der Waals surface area contributed by atoms with Crippen LogP contribution in [0.15, 0.2) is 97.1 Å². The maximum Gasteiger partial charge on any atom is 0.233 e. The quantitative estimate of drug-likeness (QED) is 0.217. The molecule has 0 aliphatic heterocycles. The van der Waals surface area contributed by atoms with Crippen LogP contribution in [-0.2, 0) is 0 Å². The van der Waals surface area contributed by atoms with E-state index >= 15 is 0 Å². The lowest BCUT2D eigenvalue weighted by Gasteiger charge is -2.02. The molecule has 0 bridgehead atoms. The molecule has 4 rings (SSSR count). The molecule has 4 aromatic carbocycles. The third-order valence-corrected chi connectivity index (χ3v) is 5.38. The van der Waals surface area contributed by atoms with Crippen molar-refractivity contribution in [1.29, 1.82) is 0 Å². The largest absolute Gasteiger partial charge is 0.497 e. The van der Waals surface area contributed by atoms with Crippen molar-refractivity contribution >= 4 is 11.6 Å². The number of methoxy groups -OCH3 is 2. The Balaban J connectivity index is 1.40. The lowest BCUT2D eigenvalue weighted by molar-refractivity contribution is 0.0817. The van der Waals surface area contributed by atoms with Crippen LogP contribution in [0.2, 0.25) is 0 Å². The maximum absolute atomic E-state index is 12.7. The zero-order valence-electron chi connectivity index (χ0n) is 19.9. The number of hydrogen-bond donors (Lipinski definition) is 0. The minimum atomic E-state index is -0.568. The Bertz CT molecular complexity index is 1370. The van der Waals surface area contributed by atoms with Crippen molar-refractivity contribution in [1.82, 2.24) is 0 Å². The SMILES string of the molecule is COc1ccc(C#Cc2ccc(C(=O)C(=O)c3ccc(C#Cc4ccc(OC)cc4)cc3)cc2)cc1. The Morgan fingerprint density at radius 2 is 0.694 bits per heavy atom. The van der Waals surface area contributed by atoms with Gasteiger partial charge in [0.2, 0.25) is 11.6 Å². The van der Waals surface area contributed by atoms with Gasteiger partial charge in [-0.1, -0.05) is 23.7 Å². The van der Waals surface area contributed by atoms with Gasteiger partial charge in [-0.05, 0) is 97.1 Å². The second-order valence-electron chi connectivity index (χ2n) is 7.77. The lowest BCUT2D eigenvalue weighted by atomic mass is 9.99. The molecule has 4 aromatic rings. The first-order valence-corrected chi connectivity index (χ1v) is 11.2. The summed E-state index contributed by atoms with van der Waals surface area (Å²) in [6, 6.07) is 28.3. The van der Waals surface area contributed by atoms with E-state index in [1.165, 1.54) is 0 Å². The van der Waals surface area contributed by atoms with Gasteiger partial charge < -0.3 is 9.47 Å². The van der Waals surface area contributed by atoms with Gasteiger partial charge in [-0.3, -0.25) is 9.59 Å². The van der Waals surface area contributed by atoms with E-state index in [1.54, 1.807) is 62.8 Å². The molecule has 0 saturated carbocycles. The van der Waals surface area contributed by atoms with E-state index in [-0.39, 0.29) is 0 Å². The van der Waals surface area contributed by atoms with Gasteiger partial charge in [0, 0.05) is 33.4 Å². The minimum absolute atomic E-state index is 0.318. The van der Waals surface area contributed by atoms with Crippen LogP contribution in [0.25, 0.3) is 0 Å². The van der Waals surface area contributed by atoms with Crippen molar-refractivity contribution in [2.45, 2.75) is 0 Å². The highest BCUT2D eigenvalue weighted by Gasteiger charge is 2.18. The third kappa shape index (κ3) is 6.08. The Labute approximate surface area is 210 Å². The fourth-order valence-corrected chi connectivity index (χ4v) is 3.31. The lowest BCUT2D eigenvalue weighted by Crippen LogP contribution is -2.14. The van der Waals surface area contributed by atoms with Crippen LogP contribution < -0.4 is 9.47 Å². The number of carbonyl (C=O) groups excluding carboxylic acids is 2. The molecule has 0 radical (unpaired) electrons. The molecule has 0 saturated heterocycles. The van der Waals surface area contributed by atoms with Gasteiger partial charge in [-0.2, -0.15) is 0 Å². The Hall–Kier alpha value is -5.06. The predicted octanol–water partition coefficient (Wildman–Crippen LogP) is 5.57. The summed E-state index contributed by atoms with van der Waals surface area (Å²) in [5.41, 5.74) is 3.83. The van der Waals surface area contributed by atoms with Gasteiger partial charge in [0.15, 0.2) is 0 Å². The summed E-state index contributed by atoms with van der Waals surface area (Å²) in [4.78, 5) is 25.4. The number of Topliss-reactive ketones (excluding diaryl/α,β-unsaturated/α-hetero) is 2. The number of benzene rings is 4. The van der Waals surface area contributed by atoms with Crippen molar-refractivity contribution in [2.75, 3.05) is 14.2 Å². The summed E-state index contributed by atoms with van der Waals surface area (Å²) in [7, 11) is 3.23. The first kappa shape index (κ1) is 24.1. The normalized spacial score (nSPS) is 9.72. The molecule has 0 amide bonds. The first-order valence-electron chi connectivity index (χ1n) is 11.2. The topological polar surface area (TPSA) is 52.6 Å². The molecule has 174 valence electrons. The van der Waals surface area contributed by atoms with E-state index in [0.29, 0.717) is 11.1 Å². The molecule has 36 heavy (non-hydrogen) atoms. The highest BCUT2D eigenvalue weighted by molar-refractivity contribution is 6.49. The van der Waals surface area contributed by atoms with Gasteiger partial charge in [0.25, 0.3) is 0 Å². The molecule has 0 N–H and O–H groups in total. The summed E-state index contributed by atoms with van der Waals surface area (Å²) in [5.74, 6) is 12.6. The van der Waals surface area contributed by atoms with E-state index in [2.05, 4.69) is 23.7 Å². The second kappa shape index (κ2) is 11.4. The van der Waals surface area contributed by atoms with Crippen molar-refractivity contribution in [3.05, 3.63) is 130 Å². The van der Waals surface area contributed by atoms with Crippen LogP contribution in [-0.4, -0.2) is 25.8 Å². The van der Waals surface area contributed by atoms with Crippen molar-refractivity contribution in [3.8, 4) is 35.2 Å². The molecule has 0 aliphatic rings. The van der Waals surface area contributed by atoms with Crippen LogP contribution in [0, 0.1) is 23.7 Å². The minimum Gasteiger partial charge on any atom is -0.497 e. The maximum atomic E-state index is 12.7. The Morgan fingerprint density at radius 3 is 0.944 bits per heavy atom. The van der Waals surface area contributed by atoms with Crippen LogP contribution in [0.3, 0.4) is 0 Å². The molecule has 0 aromatic heterocycles. The van der Waals surface area contributed by atoms with Gasteiger partial charge in [0.05, 0.1) is 14.2 Å². The zero-order valence-corrected chi connectivity index (χ0v) is 19.9. The molecule has 0 spiro atoms. The summed E-state index contributed by atoms with van der Waals surface area (Å²) >= 11 is 0. The first-order chi connectivity index (χ1) is 17.6. The highest BCUT2D eigenvalue weighted by atomic mass is 16.5. The smallest absolute Gasteiger partial charge is 0.233 e. The summed E-state index contributed by atoms with van der Waals surface area (Å²) < 4.78 is 10.3. The molecule has 0 heterocycles. The second-order valence-corrected chi connectivity index (χ2v) is 7.77. The summed E-state index contributed by atoms with van der Waals surface area (Å²) in [5, 5.41) is 0. The van der Waals surface area contributed by atoms with Crippen LogP contribution >= 0.6 is 0 Å². The summed E-state index contributed by atoms with van der Waals surface area (Å²) in [6.45, 7) is 0. The highest BCUT2D eigenvalue weighted by Crippen LogP contribution is 2.13. The van der Waals surface area contributed by atoms with E-state index in [0.717, 1.165) is 33.8 Å². The predicted molar refractivity (Wildman–Crippen MR) is 139 cm³/mol. The van der Waals surface area contributed by atoms with E-state index in [1.807, 2.05) is 48.5 Å². The van der Waals surface area contributed by atoms with Crippen molar-refractivity contribution in [3.63, 3.8) is 0 Å². The average molecular weight is 471 g/mol. The number of hydrogen-bond acceptors (Lipinski definition) is 4. The molecule has 4 heteroatoms. The van der Waals surface area contributed by atoms with E-state index < -0.39 is 11.6 Å². The molecule has 0 aliphatic carbocycles. The van der Waals surface area contributed by atoms with Crippen LogP contribution in [0.4, 0.5) is 0 Å². The number of ketones is 2.